The summed E-state index contributed by atoms with van der Waals surface area (Å²) in [6.07, 6.45) is -5.00. The summed E-state index contributed by atoms with van der Waals surface area (Å²) in [5, 5.41) is 14.6. The van der Waals surface area contributed by atoms with Crippen LogP contribution in [-0.2, 0) is 6.18 Å². The van der Waals surface area contributed by atoms with Gasteiger partial charge in [0.05, 0.1) is 17.4 Å². The highest BCUT2D eigenvalue weighted by molar-refractivity contribution is 5.66. The zero-order valence-corrected chi connectivity index (χ0v) is 13.7. The third-order valence-electron chi connectivity index (χ3n) is 4.21. The molecule has 1 saturated heterocycles. The molecule has 0 radical (unpaired) electrons. The summed E-state index contributed by atoms with van der Waals surface area (Å²) < 4.78 is 38.1. The normalized spacial score (nSPS) is 17.5. The Hall–Kier alpha value is -3.05. The van der Waals surface area contributed by atoms with Gasteiger partial charge in [-0.3, -0.25) is 5.10 Å². The number of nitrogens with zero attached hydrogens (tertiary/aromatic N) is 5. The van der Waals surface area contributed by atoms with Gasteiger partial charge in [-0.05, 0) is 12.5 Å². The molecule has 4 N–H and O–H groups in total. The number of likely N-dealkylation sites (N-methyl/N-ethyl adjacent to an activating group) is 1. The lowest BCUT2D eigenvalue weighted by Crippen LogP contribution is -2.38. The summed E-state index contributed by atoms with van der Waals surface area (Å²) in [4.78, 5) is 22.2. The summed E-state index contributed by atoms with van der Waals surface area (Å²) in [6, 6.07) is 2.13. The predicted molar refractivity (Wildman–Crippen MR) is 85.4 cm³/mol. The average Bonchev–Trinajstić information content (AvgIpc) is 3.22. The number of nitrogens with one attached hydrogen (secondary N) is 1. The van der Waals surface area contributed by atoms with Gasteiger partial charge in [0, 0.05) is 26.2 Å². The van der Waals surface area contributed by atoms with Crippen LogP contribution in [0.5, 0.6) is 0 Å². The van der Waals surface area contributed by atoms with Crippen LogP contribution < -0.4 is 10.6 Å². The van der Waals surface area contributed by atoms with Crippen LogP contribution in [0.15, 0.2) is 12.1 Å². The van der Waals surface area contributed by atoms with E-state index in [9.17, 15) is 18.0 Å². The summed E-state index contributed by atoms with van der Waals surface area (Å²) in [6.45, 7) is 0.935. The molecule has 1 aliphatic rings. The molecule has 12 heteroatoms. The zero-order chi connectivity index (χ0) is 19.1. The van der Waals surface area contributed by atoms with E-state index in [1.807, 2.05) is 4.90 Å². The van der Waals surface area contributed by atoms with Gasteiger partial charge < -0.3 is 20.6 Å². The molecular formula is C14H16F3N7O2. The van der Waals surface area contributed by atoms with Gasteiger partial charge in [0.1, 0.15) is 5.82 Å². The number of H-pyrrole nitrogens is 1. The molecular weight excluding hydrogens is 355 g/mol. The van der Waals surface area contributed by atoms with Gasteiger partial charge in [0.25, 0.3) is 0 Å². The Balaban J connectivity index is 1.85. The fourth-order valence-electron chi connectivity index (χ4n) is 2.77. The van der Waals surface area contributed by atoms with Crippen LogP contribution in [0, 0.1) is 0 Å². The van der Waals surface area contributed by atoms with Gasteiger partial charge in [-0.1, -0.05) is 0 Å². The first kappa shape index (κ1) is 17.8. The summed E-state index contributed by atoms with van der Waals surface area (Å²) in [7, 11) is 1.49. The van der Waals surface area contributed by atoms with E-state index in [0.29, 0.717) is 25.3 Å². The van der Waals surface area contributed by atoms with Crippen molar-refractivity contribution in [3.8, 4) is 11.4 Å². The molecule has 1 aliphatic heterocycles. The lowest BCUT2D eigenvalue weighted by Gasteiger charge is -2.22. The van der Waals surface area contributed by atoms with Gasteiger partial charge in [-0.2, -0.15) is 23.3 Å². The highest BCUT2D eigenvalue weighted by Crippen LogP contribution is 2.31. The quantitative estimate of drug-likeness (QED) is 0.749. The second-order valence-corrected chi connectivity index (χ2v) is 5.92. The third-order valence-corrected chi connectivity index (χ3v) is 4.21. The number of carboxylic acid groups (broad SMARTS) is 1. The zero-order valence-electron chi connectivity index (χ0n) is 13.7. The van der Waals surface area contributed by atoms with E-state index in [4.69, 9.17) is 10.8 Å². The van der Waals surface area contributed by atoms with Crippen molar-refractivity contribution in [3.05, 3.63) is 17.8 Å². The molecule has 1 fully saturated rings. The Bertz CT molecular complexity index is 823. The Morgan fingerprint density at radius 3 is 2.77 bits per heavy atom. The third kappa shape index (κ3) is 3.48. The van der Waals surface area contributed by atoms with E-state index in [0.717, 1.165) is 6.07 Å². The first-order valence-corrected chi connectivity index (χ1v) is 7.63. The molecule has 0 spiro atoms. The van der Waals surface area contributed by atoms with Crippen molar-refractivity contribution in [3.63, 3.8) is 0 Å². The standard InChI is InChI=1S/C14H16F3N7O2/c1-23(13(25)26)7-2-3-24(6-7)11-5-8(19-12(18)20-11)9-4-10(22-21-9)14(15,16)17/h4-5,7H,2-3,6H2,1H3,(H,21,22)(H,25,26)(H2,18,19,20). The molecule has 2 aromatic rings. The maximum atomic E-state index is 12.7. The average molecular weight is 371 g/mol. The first-order valence-electron chi connectivity index (χ1n) is 7.63. The van der Waals surface area contributed by atoms with Gasteiger partial charge in [0.15, 0.2) is 5.69 Å². The number of carbonyl (C=O) groups is 1. The van der Waals surface area contributed by atoms with E-state index >= 15 is 0 Å². The smallest absolute Gasteiger partial charge is 0.435 e. The van der Waals surface area contributed by atoms with Crippen molar-refractivity contribution in [2.24, 2.45) is 0 Å². The van der Waals surface area contributed by atoms with Crippen LogP contribution in [0.25, 0.3) is 11.4 Å². The van der Waals surface area contributed by atoms with Gasteiger partial charge in [-0.15, -0.1) is 0 Å². The van der Waals surface area contributed by atoms with E-state index in [1.54, 1.807) is 0 Å². The van der Waals surface area contributed by atoms with Crippen LogP contribution in [-0.4, -0.2) is 62.4 Å². The molecule has 140 valence electrons. The van der Waals surface area contributed by atoms with Gasteiger partial charge >= 0.3 is 12.3 Å². The Morgan fingerprint density at radius 1 is 1.42 bits per heavy atom. The highest BCUT2D eigenvalue weighted by Gasteiger charge is 2.34. The molecule has 1 atom stereocenters. The number of halogens is 3. The summed E-state index contributed by atoms with van der Waals surface area (Å²) in [5.74, 6) is 0.313. The Morgan fingerprint density at radius 2 is 2.15 bits per heavy atom. The van der Waals surface area contributed by atoms with Crippen molar-refractivity contribution < 1.29 is 23.1 Å². The van der Waals surface area contributed by atoms with Crippen molar-refractivity contribution in [2.45, 2.75) is 18.6 Å². The fraction of sp³-hybridized carbons (Fsp3) is 0.429. The van der Waals surface area contributed by atoms with Crippen LogP contribution in [0.3, 0.4) is 0 Å². The largest absolute Gasteiger partial charge is 0.465 e. The summed E-state index contributed by atoms with van der Waals surface area (Å²) in [5.41, 5.74) is 4.86. The van der Waals surface area contributed by atoms with E-state index in [1.165, 1.54) is 18.0 Å². The maximum absolute atomic E-state index is 12.7. The molecule has 0 bridgehead atoms. The summed E-state index contributed by atoms with van der Waals surface area (Å²) >= 11 is 0. The maximum Gasteiger partial charge on any atom is 0.435 e. The van der Waals surface area contributed by atoms with Crippen molar-refractivity contribution in [2.75, 3.05) is 30.8 Å². The van der Waals surface area contributed by atoms with Crippen LogP contribution in [0.4, 0.5) is 29.7 Å². The van der Waals surface area contributed by atoms with Crippen LogP contribution in [0.1, 0.15) is 12.1 Å². The number of aromatic nitrogens is 4. The number of hydrogen-bond donors (Lipinski definition) is 3. The second-order valence-electron chi connectivity index (χ2n) is 5.92. The van der Waals surface area contributed by atoms with Crippen molar-refractivity contribution >= 4 is 17.9 Å². The number of rotatable bonds is 3. The first-order chi connectivity index (χ1) is 12.1. The van der Waals surface area contributed by atoms with Gasteiger partial charge in [0.2, 0.25) is 5.95 Å². The minimum Gasteiger partial charge on any atom is -0.465 e. The highest BCUT2D eigenvalue weighted by atomic mass is 19.4. The molecule has 0 saturated carbocycles. The molecule has 0 aromatic carbocycles. The number of nitrogens with two attached hydrogens (primary N) is 1. The molecule has 1 amide bonds. The lowest BCUT2D eigenvalue weighted by molar-refractivity contribution is -0.141. The van der Waals surface area contributed by atoms with E-state index < -0.39 is 18.0 Å². The Kier molecular flexibility index (Phi) is 4.34. The lowest BCUT2D eigenvalue weighted by atomic mass is 10.2. The van der Waals surface area contributed by atoms with Gasteiger partial charge in [-0.25, -0.2) is 9.78 Å². The predicted octanol–water partition coefficient (Wildman–Crippen LogP) is 1.66. The second kappa shape index (κ2) is 6.35. The SMILES string of the molecule is CN(C(=O)O)C1CCN(c2cc(-c3cc(C(F)(F)F)n[nH]3)nc(N)n2)C1. The molecule has 0 aliphatic carbocycles. The van der Waals surface area contributed by atoms with Crippen LogP contribution >= 0.6 is 0 Å². The topological polar surface area (TPSA) is 124 Å². The number of aromatic amines is 1. The number of alkyl halides is 3. The van der Waals surface area contributed by atoms with Crippen LogP contribution in [0.2, 0.25) is 0 Å². The molecule has 3 heterocycles. The van der Waals surface area contributed by atoms with Crippen molar-refractivity contribution in [1.29, 1.82) is 0 Å². The molecule has 9 nitrogen and oxygen atoms in total. The fourth-order valence-corrected chi connectivity index (χ4v) is 2.77. The number of hydrogen-bond acceptors (Lipinski definition) is 6. The van der Waals surface area contributed by atoms with E-state index in [-0.39, 0.29) is 23.4 Å². The molecule has 2 aromatic heterocycles. The number of anilines is 2. The van der Waals surface area contributed by atoms with E-state index in [2.05, 4.69) is 20.2 Å². The molecule has 26 heavy (non-hydrogen) atoms. The minimum atomic E-state index is -4.57. The number of nitrogen functional groups attached to an aromatic ring is 1. The van der Waals surface area contributed by atoms with Crippen molar-refractivity contribution in [1.82, 2.24) is 25.1 Å². The monoisotopic (exact) mass is 371 g/mol. The molecule has 1 unspecified atom stereocenters. The Labute approximate surface area is 145 Å². The minimum absolute atomic E-state index is 0.0612. The number of amides is 1. The molecule has 3 rings (SSSR count).